The fourth-order valence-corrected chi connectivity index (χ4v) is 5.59. The number of amides is 3. The van der Waals surface area contributed by atoms with Crippen molar-refractivity contribution in [3.8, 4) is 0 Å². The van der Waals surface area contributed by atoms with Crippen LogP contribution in [0.5, 0.6) is 0 Å². The predicted molar refractivity (Wildman–Crippen MR) is 144 cm³/mol. The van der Waals surface area contributed by atoms with Gasteiger partial charge in [0.1, 0.15) is 10.8 Å². The summed E-state index contributed by atoms with van der Waals surface area (Å²) in [5.74, 6) is 0.403. The predicted octanol–water partition coefficient (Wildman–Crippen LogP) is 6.07. The van der Waals surface area contributed by atoms with Gasteiger partial charge in [-0.2, -0.15) is 0 Å². The minimum absolute atomic E-state index is 0.257. The third-order valence-electron chi connectivity index (χ3n) is 6.16. The maximum absolute atomic E-state index is 13.5. The van der Waals surface area contributed by atoms with E-state index in [-0.39, 0.29) is 11.9 Å². The first kappa shape index (κ1) is 23.7. The fourth-order valence-electron chi connectivity index (χ4n) is 4.48. The van der Waals surface area contributed by atoms with Crippen LogP contribution in [0.1, 0.15) is 31.1 Å². The second-order valence-corrected chi connectivity index (χ2v) is 9.42. The minimum Gasteiger partial charge on any atom is -0.468 e. The highest BCUT2D eigenvalue weighted by Crippen LogP contribution is 2.46. The summed E-state index contributed by atoms with van der Waals surface area (Å²) in [6, 6.07) is 20.3. The van der Waals surface area contributed by atoms with Gasteiger partial charge < -0.3 is 20.4 Å². The maximum atomic E-state index is 13.5. The average Bonchev–Trinajstić information content (AvgIpc) is 3.55. The van der Waals surface area contributed by atoms with Crippen LogP contribution in [0.2, 0.25) is 0 Å². The molecule has 0 fully saturated rings. The molecule has 3 aromatic rings. The Bertz CT molecular complexity index is 1390. The Kier molecular flexibility index (Phi) is 6.77. The Morgan fingerprint density at radius 2 is 1.78 bits per heavy atom. The third-order valence-corrected chi connectivity index (χ3v) is 7.18. The number of thioether (sulfide) groups is 1. The van der Waals surface area contributed by atoms with Crippen LogP contribution in [0.25, 0.3) is 0 Å². The van der Waals surface area contributed by atoms with E-state index in [1.807, 2.05) is 74.5 Å². The standard InChI is InChI=1S/C28H26N4O3S/c1-3-18-10-7-8-13-20(18)31-28(34)32-21-16-36-27-24(21)25(22-14-9-15-35-22)23(17(2)29-27)26(33)30-19-11-5-4-6-12-19/h4-15,25H,3,16H2,1-2H3,(H,30,33)(H2,31,32,34). The molecule has 2 aliphatic heterocycles. The lowest BCUT2D eigenvalue weighted by molar-refractivity contribution is -0.113. The molecular formula is C28H26N4O3S. The smallest absolute Gasteiger partial charge is 0.323 e. The lowest BCUT2D eigenvalue weighted by Gasteiger charge is -2.26. The van der Waals surface area contributed by atoms with Crippen LogP contribution < -0.4 is 16.0 Å². The highest BCUT2D eigenvalue weighted by atomic mass is 32.2. The van der Waals surface area contributed by atoms with Gasteiger partial charge in [0.25, 0.3) is 5.91 Å². The van der Waals surface area contributed by atoms with Gasteiger partial charge >= 0.3 is 6.03 Å². The molecule has 5 rings (SSSR count). The molecule has 36 heavy (non-hydrogen) atoms. The molecular weight excluding hydrogens is 472 g/mol. The van der Waals surface area contributed by atoms with Gasteiger partial charge in [0, 0.05) is 34.1 Å². The highest BCUT2D eigenvalue weighted by molar-refractivity contribution is 8.15. The Morgan fingerprint density at radius 3 is 2.53 bits per heavy atom. The largest absolute Gasteiger partial charge is 0.468 e. The molecule has 8 heteroatoms. The van der Waals surface area contributed by atoms with E-state index in [0.717, 1.165) is 28.3 Å². The van der Waals surface area contributed by atoms with Crippen molar-refractivity contribution in [3.63, 3.8) is 0 Å². The second-order valence-electron chi connectivity index (χ2n) is 8.46. The van der Waals surface area contributed by atoms with Gasteiger partial charge in [-0.15, -0.1) is 0 Å². The monoisotopic (exact) mass is 498 g/mol. The van der Waals surface area contributed by atoms with Crippen molar-refractivity contribution in [1.82, 2.24) is 5.32 Å². The number of urea groups is 1. The number of rotatable bonds is 6. The number of fused-ring (bicyclic) bond motifs is 1. The molecule has 0 spiro atoms. The minimum atomic E-state index is -0.496. The Balaban J connectivity index is 1.48. The number of carbonyl (C=O) groups excluding carboxylic acids is 2. The second kappa shape index (κ2) is 10.3. The first-order chi connectivity index (χ1) is 17.5. The molecule has 0 radical (unpaired) electrons. The molecule has 2 aliphatic rings. The van der Waals surface area contributed by atoms with Gasteiger partial charge in [0.15, 0.2) is 0 Å². The summed E-state index contributed by atoms with van der Waals surface area (Å²) in [6.07, 6.45) is 2.40. The fraction of sp³-hybridized carbons (Fsp3) is 0.179. The van der Waals surface area contributed by atoms with E-state index >= 15 is 0 Å². The van der Waals surface area contributed by atoms with Crippen LogP contribution in [-0.2, 0) is 11.2 Å². The Hall–Kier alpha value is -4.04. The Morgan fingerprint density at radius 1 is 1.00 bits per heavy atom. The number of aryl methyl sites for hydroxylation is 1. The van der Waals surface area contributed by atoms with Crippen molar-refractivity contribution in [2.75, 3.05) is 16.4 Å². The first-order valence-corrected chi connectivity index (χ1v) is 12.7. The van der Waals surface area contributed by atoms with Crippen molar-refractivity contribution < 1.29 is 14.0 Å². The van der Waals surface area contributed by atoms with Gasteiger partial charge in [0.2, 0.25) is 0 Å². The zero-order valence-corrected chi connectivity index (χ0v) is 20.8. The quantitative estimate of drug-likeness (QED) is 0.384. The molecule has 2 aromatic carbocycles. The number of allylic oxidation sites excluding steroid dienone is 1. The number of nitrogens with zero attached hydrogens (tertiary/aromatic N) is 1. The normalized spacial score (nSPS) is 16.9. The zero-order valence-electron chi connectivity index (χ0n) is 20.0. The summed E-state index contributed by atoms with van der Waals surface area (Å²) < 4.78 is 5.80. The van der Waals surface area contributed by atoms with E-state index in [9.17, 15) is 9.59 Å². The number of carbonyl (C=O) groups is 2. The van der Waals surface area contributed by atoms with Crippen molar-refractivity contribution in [2.45, 2.75) is 26.2 Å². The lowest BCUT2D eigenvalue weighted by atomic mass is 9.84. The molecule has 1 aromatic heterocycles. The average molecular weight is 499 g/mol. The van der Waals surface area contributed by atoms with Gasteiger partial charge in [-0.1, -0.05) is 55.1 Å². The number of aliphatic imine (C=N–C) groups is 1. The molecule has 1 atom stereocenters. The summed E-state index contributed by atoms with van der Waals surface area (Å²) in [7, 11) is 0. The SMILES string of the molecule is CCc1ccccc1NC(=O)NC1=C2C(=NC(C)=C(C(=O)Nc3ccccc3)C2c2ccco2)SC1. The molecule has 0 aliphatic carbocycles. The van der Waals surface area contributed by atoms with Crippen LogP contribution >= 0.6 is 11.8 Å². The lowest BCUT2D eigenvalue weighted by Crippen LogP contribution is -2.32. The van der Waals surface area contributed by atoms with Gasteiger partial charge in [0.05, 0.1) is 17.8 Å². The van der Waals surface area contributed by atoms with Crippen molar-refractivity contribution in [1.29, 1.82) is 0 Å². The van der Waals surface area contributed by atoms with E-state index in [1.54, 1.807) is 12.3 Å². The summed E-state index contributed by atoms with van der Waals surface area (Å²) in [5, 5.41) is 9.75. The zero-order chi connectivity index (χ0) is 25.1. The highest BCUT2D eigenvalue weighted by Gasteiger charge is 2.40. The Labute approximate surface area is 213 Å². The summed E-state index contributed by atoms with van der Waals surface area (Å²) in [4.78, 5) is 31.3. The number of nitrogens with one attached hydrogen (secondary N) is 3. The molecule has 3 heterocycles. The number of furan rings is 1. The van der Waals surface area contributed by atoms with E-state index < -0.39 is 5.92 Å². The number of hydrogen-bond acceptors (Lipinski definition) is 5. The number of para-hydroxylation sites is 2. The summed E-state index contributed by atoms with van der Waals surface area (Å²) in [6.45, 7) is 3.88. The van der Waals surface area contributed by atoms with Crippen molar-refractivity contribution in [3.05, 3.63) is 107 Å². The van der Waals surface area contributed by atoms with Crippen LogP contribution in [0, 0.1) is 0 Å². The van der Waals surface area contributed by atoms with Crippen molar-refractivity contribution >= 4 is 40.1 Å². The third kappa shape index (κ3) is 4.72. The number of hydrogen-bond donors (Lipinski definition) is 3. The molecule has 3 amide bonds. The topological polar surface area (TPSA) is 95.7 Å². The molecule has 1 unspecified atom stereocenters. The first-order valence-electron chi connectivity index (χ1n) is 11.8. The number of anilines is 2. The van der Waals surface area contributed by atoms with Gasteiger partial charge in [-0.3, -0.25) is 4.79 Å². The van der Waals surface area contributed by atoms with E-state index in [1.165, 1.54) is 11.8 Å². The molecule has 3 N–H and O–H groups in total. The molecule has 0 bridgehead atoms. The molecule has 7 nitrogen and oxygen atoms in total. The summed E-state index contributed by atoms with van der Waals surface area (Å²) >= 11 is 1.54. The maximum Gasteiger partial charge on any atom is 0.323 e. The van der Waals surface area contributed by atoms with Crippen molar-refractivity contribution in [2.24, 2.45) is 4.99 Å². The van der Waals surface area contributed by atoms with E-state index in [4.69, 9.17) is 9.41 Å². The van der Waals surface area contributed by atoms with Crippen LogP contribution in [0.15, 0.2) is 105 Å². The van der Waals surface area contributed by atoms with Crippen LogP contribution in [-0.4, -0.2) is 22.7 Å². The van der Waals surface area contributed by atoms with E-state index in [2.05, 4.69) is 16.0 Å². The van der Waals surface area contributed by atoms with E-state index in [0.29, 0.717) is 34.2 Å². The molecule has 182 valence electrons. The van der Waals surface area contributed by atoms with Crippen LogP contribution in [0.3, 0.4) is 0 Å². The van der Waals surface area contributed by atoms with Crippen LogP contribution in [0.4, 0.5) is 16.2 Å². The number of benzene rings is 2. The van der Waals surface area contributed by atoms with Gasteiger partial charge in [-0.25, -0.2) is 9.79 Å². The molecule has 0 saturated heterocycles. The summed E-state index contributed by atoms with van der Waals surface area (Å²) in [5.41, 5.74) is 5.13. The molecule has 0 saturated carbocycles. The van der Waals surface area contributed by atoms with Gasteiger partial charge in [-0.05, 0) is 49.2 Å².